The maximum atomic E-state index is 13.1. The predicted octanol–water partition coefficient (Wildman–Crippen LogP) is 4.61. The lowest BCUT2D eigenvalue weighted by molar-refractivity contribution is 0.104. The summed E-state index contributed by atoms with van der Waals surface area (Å²) in [6.07, 6.45) is 4.70. The van der Waals surface area contributed by atoms with E-state index in [-0.39, 0.29) is 5.78 Å². The second kappa shape index (κ2) is 8.87. The van der Waals surface area contributed by atoms with Crippen LogP contribution in [-0.2, 0) is 0 Å². The van der Waals surface area contributed by atoms with Crippen LogP contribution in [0.4, 0.5) is 0 Å². The van der Waals surface area contributed by atoms with Crippen LogP contribution in [0.25, 0.3) is 11.1 Å². The Morgan fingerprint density at radius 3 is 2.55 bits per heavy atom. The molecule has 1 unspecified atom stereocenters. The molecule has 29 heavy (non-hydrogen) atoms. The van der Waals surface area contributed by atoms with Crippen molar-refractivity contribution in [2.45, 2.75) is 45.6 Å². The first-order chi connectivity index (χ1) is 14.2. The highest BCUT2D eigenvalue weighted by Gasteiger charge is 2.33. The van der Waals surface area contributed by atoms with Gasteiger partial charge in [0.25, 0.3) is 0 Å². The van der Waals surface area contributed by atoms with Gasteiger partial charge in [0.05, 0.1) is 19.8 Å². The Kier molecular flexibility index (Phi) is 6.05. The van der Waals surface area contributed by atoms with Gasteiger partial charge in [-0.2, -0.15) is 0 Å². The van der Waals surface area contributed by atoms with Gasteiger partial charge in [-0.1, -0.05) is 18.6 Å². The minimum Gasteiger partial charge on any atom is -0.494 e. The molecule has 0 radical (unpaired) electrons. The fourth-order valence-electron chi connectivity index (χ4n) is 4.27. The summed E-state index contributed by atoms with van der Waals surface area (Å²) in [5.74, 6) is 2.07. The quantitative estimate of drug-likeness (QED) is 0.604. The van der Waals surface area contributed by atoms with E-state index in [0.29, 0.717) is 48.5 Å². The Labute approximate surface area is 172 Å². The highest BCUT2D eigenvalue weighted by Crippen LogP contribution is 2.49. The van der Waals surface area contributed by atoms with Crippen LogP contribution in [0.15, 0.2) is 30.3 Å². The van der Waals surface area contributed by atoms with Crippen molar-refractivity contribution >= 4 is 5.78 Å². The van der Waals surface area contributed by atoms with Gasteiger partial charge in [0.2, 0.25) is 0 Å². The molecule has 1 atom stereocenters. The average molecular weight is 395 g/mol. The van der Waals surface area contributed by atoms with Crippen LogP contribution >= 0.6 is 0 Å². The third kappa shape index (κ3) is 3.97. The molecule has 2 aromatic carbocycles. The monoisotopic (exact) mass is 395 g/mol. The van der Waals surface area contributed by atoms with E-state index in [2.05, 4.69) is 5.32 Å². The van der Waals surface area contributed by atoms with Gasteiger partial charge < -0.3 is 19.5 Å². The molecule has 1 saturated heterocycles. The molecular formula is C24H29NO4. The highest BCUT2D eigenvalue weighted by molar-refractivity contribution is 6.23. The molecule has 1 fully saturated rings. The molecule has 5 heteroatoms. The molecule has 2 aromatic rings. The number of ether oxygens (including phenoxy) is 3. The van der Waals surface area contributed by atoms with Gasteiger partial charge in [-0.15, -0.1) is 0 Å². The Morgan fingerprint density at radius 1 is 0.966 bits per heavy atom. The summed E-state index contributed by atoms with van der Waals surface area (Å²) in [7, 11) is 0. The highest BCUT2D eigenvalue weighted by atomic mass is 16.5. The Bertz CT molecular complexity index is 887. The van der Waals surface area contributed by atoms with Crippen LogP contribution in [0.3, 0.4) is 0 Å². The Balaban J connectivity index is 1.64. The summed E-state index contributed by atoms with van der Waals surface area (Å²) in [6.45, 7) is 6.64. The van der Waals surface area contributed by atoms with Gasteiger partial charge in [-0.05, 0) is 51.8 Å². The van der Waals surface area contributed by atoms with Crippen molar-refractivity contribution in [1.82, 2.24) is 5.32 Å². The van der Waals surface area contributed by atoms with Crippen molar-refractivity contribution in [2.24, 2.45) is 0 Å². The normalized spacial score (nSPS) is 17.6. The summed E-state index contributed by atoms with van der Waals surface area (Å²) >= 11 is 0. The molecular weight excluding hydrogens is 366 g/mol. The van der Waals surface area contributed by atoms with E-state index in [4.69, 9.17) is 14.2 Å². The molecule has 1 aliphatic carbocycles. The van der Waals surface area contributed by atoms with Crippen molar-refractivity contribution < 1.29 is 19.0 Å². The topological polar surface area (TPSA) is 56.8 Å². The summed E-state index contributed by atoms with van der Waals surface area (Å²) in [5.41, 5.74) is 2.96. The standard InChI is InChI=1S/C24H29NO4/c1-3-27-17-14-19-23(21(15-17)28-4-2)22-18(24(19)26)9-7-10-20(22)29-13-11-16-8-5-6-12-25-16/h7,9-10,14-16,25H,3-6,8,11-13H2,1-2H3. The molecule has 0 amide bonds. The van der Waals surface area contributed by atoms with E-state index in [9.17, 15) is 4.79 Å². The van der Waals surface area contributed by atoms with Crippen molar-refractivity contribution in [3.8, 4) is 28.4 Å². The SMILES string of the molecule is CCOc1cc(OCC)c2c(c1)C(=O)c1cccc(OCCC3CCCCN3)c1-2. The third-order valence-corrected chi connectivity index (χ3v) is 5.59. The van der Waals surface area contributed by atoms with E-state index in [1.54, 1.807) is 0 Å². The van der Waals surface area contributed by atoms with E-state index in [0.717, 1.165) is 29.8 Å². The van der Waals surface area contributed by atoms with E-state index in [1.165, 1.54) is 19.3 Å². The maximum Gasteiger partial charge on any atom is 0.194 e. The first-order valence-corrected chi connectivity index (χ1v) is 10.7. The molecule has 154 valence electrons. The number of carbonyl (C=O) groups excluding carboxylic acids is 1. The molecule has 0 bridgehead atoms. The number of piperidine rings is 1. The van der Waals surface area contributed by atoms with Crippen LogP contribution < -0.4 is 19.5 Å². The summed E-state index contributed by atoms with van der Waals surface area (Å²) < 4.78 is 17.7. The van der Waals surface area contributed by atoms with Crippen molar-refractivity contribution in [3.05, 3.63) is 41.5 Å². The minimum absolute atomic E-state index is 0.00287. The fourth-order valence-corrected chi connectivity index (χ4v) is 4.27. The number of hydrogen-bond donors (Lipinski definition) is 1. The molecule has 2 aliphatic rings. The first-order valence-electron chi connectivity index (χ1n) is 10.7. The molecule has 0 aromatic heterocycles. The number of hydrogen-bond acceptors (Lipinski definition) is 5. The van der Waals surface area contributed by atoms with Crippen LogP contribution in [0.1, 0.15) is 55.5 Å². The van der Waals surface area contributed by atoms with Crippen LogP contribution in [-0.4, -0.2) is 38.2 Å². The minimum atomic E-state index is -0.00287. The molecule has 1 aliphatic heterocycles. The van der Waals surface area contributed by atoms with Crippen molar-refractivity contribution in [2.75, 3.05) is 26.4 Å². The molecule has 1 N–H and O–H groups in total. The second-order valence-corrected chi connectivity index (χ2v) is 7.50. The lowest BCUT2D eigenvalue weighted by Crippen LogP contribution is -2.35. The number of nitrogens with one attached hydrogen (secondary N) is 1. The summed E-state index contributed by atoms with van der Waals surface area (Å²) in [5, 5.41) is 3.56. The second-order valence-electron chi connectivity index (χ2n) is 7.50. The number of rotatable bonds is 8. The lowest BCUT2D eigenvalue weighted by Gasteiger charge is -2.23. The van der Waals surface area contributed by atoms with Gasteiger partial charge in [0.1, 0.15) is 17.2 Å². The number of fused-ring (bicyclic) bond motifs is 3. The zero-order chi connectivity index (χ0) is 20.2. The van der Waals surface area contributed by atoms with E-state index in [1.807, 2.05) is 44.2 Å². The van der Waals surface area contributed by atoms with Crippen molar-refractivity contribution in [1.29, 1.82) is 0 Å². The van der Waals surface area contributed by atoms with E-state index >= 15 is 0 Å². The van der Waals surface area contributed by atoms with Crippen LogP contribution in [0.5, 0.6) is 17.2 Å². The van der Waals surface area contributed by atoms with Gasteiger partial charge in [0.15, 0.2) is 5.78 Å². The third-order valence-electron chi connectivity index (χ3n) is 5.59. The van der Waals surface area contributed by atoms with Gasteiger partial charge >= 0.3 is 0 Å². The summed E-state index contributed by atoms with van der Waals surface area (Å²) in [6, 6.07) is 9.91. The fraction of sp³-hybridized carbons (Fsp3) is 0.458. The summed E-state index contributed by atoms with van der Waals surface area (Å²) in [4.78, 5) is 13.1. The number of carbonyl (C=O) groups is 1. The number of ketones is 1. The maximum absolute atomic E-state index is 13.1. The molecule has 0 saturated carbocycles. The van der Waals surface area contributed by atoms with Gasteiger partial charge in [-0.25, -0.2) is 0 Å². The molecule has 1 heterocycles. The average Bonchev–Trinajstić information content (AvgIpc) is 3.03. The van der Waals surface area contributed by atoms with Gasteiger partial charge in [0, 0.05) is 34.4 Å². The zero-order valence-corrected chi connectivity index (χ0v) is 17.3. The zero-order valence-electron chi connectivity index (χ0n) is 17.3. The first kappa shape index (κ1) is 19.8. The van der Waals surface area contributed by atoms with Crippen molar-refractivity contribution in [3.63, 3.8) is 0 Å². The molecule has 5 nitrogen and oxygen atoms in total. The largest absolute Gasteiger partial charge is 0.494 e. The number of benzene rings is 2. The molecule has 4 rings (SSSR count). The smallest absolute Gasteiger partial charge is 0.194 e. The van der Waals surface area contributed by atoms with Gasteiger partial charge in [-0.3, -0.25) is 4.79 Å². The van der Waals surface area contributed by atoms with Crippen LogP contribution in [0, 0.1) is 0 Å². The predicted molar refractivity (Wildman–Crippen MR) is 113 cm³/mol. The Morgan fingerprint density at radius 2 is 1.79 bits per heavy atom. The van der Waals surface area contributed by atoms with Crippen LogP contribution in [0.2, 0.25) is 0 Å². The van der Waals surface area contributed by atoms with E-state index < -0.39 is 0 Å². The molecule has 0 spiro atoms. The lowest BCUT2D eigenvalue weighted by atomic mass is 10.0. The Hall–Kier alpha value is -2.53.